The van der Waals surface area contributed by atoms with Gasteiger partial charge >= 0.3 is 0 Å². The van der Waals surface area contributed by atoms with Crippen molar-refractivity contribution in [3.8, 4) is 0 Å². The minimum absolute atomic E-state index is 0.226. The Morgan fingerprint density at radius 2 is 1.95 bits per heavy atom. The lowest BCUT2D eigenvalue weighted by molar-refractivity contribution is -0.121. The van der Waals surface area contributed by atoms with Gasteiger partial charge in [0.1, 0.15) is 0 Å². The Bertz CT molecular complexity index is 442. The molecule has 1 fully saturated rings. The zero-order valence-corrected chi connectivity index (χ0v) is 12.2. The molecule has 1 aliphatic heterocycles. The number of hydrogen-bond donors (Lipinski definition) is 0. The largest absolute Gasteiger partial charge is 0.310 e. The number of piperazine rings is 1. The summed E-state index contributed by atoms with van der Waals surface area (Å²) in [5.74, 6) is 0.925. The second-order valence-electron chi connectivity index (χ2n) is 5.79. The van der Waals surface area contributed by atoms with Crippen LogP contribution in [0.15, 0.2) is 24.3 Å². The van der Waals surface area contributed by atoms with Gasteiger partial charge in [-0.25, -0.2) is 0 Å². The second kappa shape index (κ2) is 6.20. The fourth-order valence-electron chi connectivity index (χ4n) is 2.47. The van der Waals surface area contributed by atoms with E-state index in [4.69, 9.17) is 0 Å². The van der Waals surface area contributed by atoms with Crippen LogP contribution >= 0.6 is 0 Å². The number of benzene rings is 1. The summed E-state index contributed by atoms with van der Waals surface area (Å²) in [7, 11) is 0. The first-order valence-corrected chi connectivity index (χ1v) is 7.16. The van der Waals surface area contributed by atoms with Crippen molar-refractivity contribution in [2.24, 2.45) is 5.92 Å². The lowest BCUT2D eigenvalue weighted by Gasteiger charge is -2.35. The molecule has 0 spiro atoms. The highest BCUT2D eigenvalue weighted by atomic mass is 16.2. The molecule has 1 aromatic rings. The van der Waals surface area contributed by atoms with Gasteiger partial charge in [0.2, 0.25) is 5.91 Å². The van der Waals surface area contributed by atoms with E-state index in [0.717, 1.165) is 31.7 Å². The number of hydrogen-bond acceptors (Lipinski definition) is 2. The van der Waals surface area contributed by atoms with Crippen molar-refractivity contribution in [1.29, 1.82) is 0 Å². The molecule has 0 bridgehead atoms. The standard InChI is InChI=1S/C16H24N2O/c1-13(2)8-9-17-10-11-18(16(19)12-17)15-7-5-4-6-14(15)3/h4-7,13H,8-12H2,1-3H3. The molecule has 0 aromatic heterocycles. The number of nitrogens with zero attached hydrogens (tertiary/aromatic N) is 2. The molecule has 1 heterocycles. The average molecular weight is 260 g/mol. The lowest BCUT2D eigenvalue weighted by Crippen LogP contribution is -2.51. The number of aryl methyl sites for hydroxylation is 1. The van der Waals surface area contributed by atoms with Gasteiger partial charge in [-0.2, -0.15) is 0 Å². The summed E-state index contributed by atoms with van der Waals surface area (Å²) in [4.78, 5) is 16.5. The van der Waals surface area contributed by atoms with Crippen LogP contribution in [0.4, 0.5) is 5.69 Å². The first-order valence-electron chi connectivity index (χ1n) is 7.16. The number of para-hydroxylation sites is 1. The maximum absolute atomic E-state index is 12.3. The zero-order valence-electron chi connectivity index (χ0n) is 12.2. The summed E-state index contributed by atoms with van der Waals surface area (Å²) in [6.07, 6.45) is 1.16. The Balaban J connectivity index is 1.98. The molecule has 0 radical (unpaired) electrons. The van der Waals surface area contributed by atoms with Crippen LogP contribution in [0.3, 0.4) is 0 Å². The molecule has 0 unspecified atom stereocenters. The van der Waals surface area contributed by atoms with Gasteiger partial charge in [0.15, 0.2) is 0 Å². The molecule has 104 valence electrons. The molecule has 2 rings (SSSR count). The molecule has 1 saturated heterocycles. The van der Waals surface area contributed by atoms with E-state index in [2.05, 4.69) is 31.7 Å². The maximum atomic E-state index is 12.3. The topological polar surface area (TPSA) is 23.6 Å². The molecular formula is C16H24N2O. The highest BCUT2D eigenvalue weighted by Gasteiger charge is 2.25. The highest BCUT2D eigenvalue weighted by Crippen LogP contribution is 2.21. The van der Waals surface area contributed by atoms with Crippen molar-refractivity contribution >= 4 is 11.6 Å². The van der Waals surface area contributed by atoms with Crippen LogP contribution in [0.1, 0.15) is 25.8 Å². The summed E-state index contributed by atoms with van der Waals surface area (Å²) in [6.45, 7) is 9.89. The van der Waals surface area contributed by atoms with Gasteiger partial charge in [-0.15, -0.1) is 0 Å². The second-order valence-corrected chi connectivity index (χ2v) is 5.79. The Hall–Kier alpha value is -1.35. The van der Waals surface area contributed by atoms with Crippen LogP contribution in [-0.4, -0.2) is 37.0 Å². The molecule has 1 amide bonds. The van der Waals surface area contributed by atoms with E-state index in [-0.39, 0.29) is 5.91 Å². The Morgan fingerprint density at radius 3 is 2.58 bits per heavy atom. The molecule has 0 atom stereocenters. The molecule has 1 aromatic carbocycles. The number of amides is 1. The van der Waals surface area contributed by atoms with Crippen LogP contribution in [0.25, 0.3) is 0 Å². The number of rotatable bonds is 4. The molecule has 0 N–H and O–H groups in total. The van der Waals surface area contributed by atoms with E-state index < -0.39 is 0 Å². The van der Waals surface area contributed by atoms with Crippen LogP contribution in [0.2, 0.25) is 0 Å². The van der Waals surface area contributed by atoms with Gasteiger partial charge in [-0.1, -0.05) is 32.0 Å². The zero-order chi connectivity index (χ0) is 13.8. The van der Waals surface area contributed by atoms with Crippen molar-refractivity contribution in [3.05, 3.63) is 29.8 Å². The van der Waals surface area contributed by atoms with E-state index >= 15 is 0 Å². The summed E-state index contributed by atoms with van der Waals surface area (Å²) >= 11 is 0. The number of carbonyl (C=O) groups excluding carboxylic acids is 1. The normalized spacial score (nSPS) is 17.3. The van der Waals surface area contributed by atoms with Gasteiger partial charge in [0.25, 0.3) is 0 Å². The third-order valence-electron chi connectivity index (χ3n) is 3.73. The van der Waals surface area contributed by atoms with Crippen molar-refractivity contribution < 1.29 is 4.79 Å². The number of anilines is 1. The third kappa shape index (κ3) is 3.57. The monoisotopic (exact) mass is 260 g/mol. The van der Waals surface area contributed by atoms with Crippen LogP contribution < -0.4 is 4.90 Å². The summed E-state index contributed by atoms with van der Waals surface area (Å²) in [6, 6.07) is 8.12. The summed E-state index contributed by atoms with van der Waals surface area (Å²) in [5.41, 5.74) is 2.24. The van der Waals surface area contributed by atoms with Crippen molar-refractivity contribution in [2.45, 2.75) is 27.2 Å². The summed E-state index contributed by atoms with van der Waals surface area (Å²) in [5, 5.41) is 0. The predicted molar refractivity (Wildman–Crippen MR) is 79.4 cm³/mol. The first-order chi connectivity index (χ1) is 9.08. The number of carbonyl (C=O) groups is 1. The lowest BCUT2D eigenvalue weighted by atomic mass is 10.1. The van der Waals surface area contributed by atoms with E-state index in [1.807, 2.05) is 23.1 Å². The van der Waals surface area contributed by atoms with Gasteiger partial charge in [0.05, 0.1) is 6.54 Å². The van der Waals surface area contributed by atoms with E-state index in [1.165, 1.54) is 5.56 Å². The Labute approximate surface area is 116 Å². The Morgan fingerprint density at radius 1 is 1.21 bits per heavy atom. The average Bonchev–Trinajstić information content (AvgIpc) is 2.38. The van der Waals surface area contributed by atoms with Crippen molar-refractivity contribution in [2.75, 3.05) is 31.1 Å². The van der Waals surface area contributed by atoms with E-state index in [1.54, 1.807) is 0 Å². The minimum Gasteiger partial charge on any atom is -0.310 e. The SMILES string of the molecule is Cc1ccccc1N1CCN(CCC(C)C)CC1=O. The molecule has 1 aliphatic rings. The van der Waals surface area contributed by atoms with Gasteiger partial charge in [0, 0.05) is 18.8 Å². The minimum atomic E-state index is 0.226. The van der Waals surface area contributed by atoms with E-state index in [9.17, 15) is 4.79 Å². The van der Waals surface area contributed by atoms with Crippen molar-refractivity contribution in [3.63, 3.8) is 0 Å². The van der Waals surface area contributed by atoms with Gasteiger partial charge in [-0.05, 0) is 37.4 Å². The summed E-state index contributed by atoms with van der Waals surface area (Å²) < 4.78 is 0. The molecule has 0 saturated carbocycles. The molecule has 3 heteroatoms. The Kier molecular flexibility index (Phi) is 4.59. The highest BCUT2D eigenvalue weighted by molar-refractivity contribution is 5.96. The maximum Gasteiger partial charge on any atom is 0.241 e. The van der Waals surface area contributed by atoms with Crippen molar-refractivity contribution in [1.82, 2.24) is 4.90 Å². The molecule has 19 heavy (non-hydrogen) atoms. The van der Waals surface area contributed by atoms with Gasteiger partial charge < -0.3 is 4.90 Å². The first kappa shape index (κ1) is 14.1. The predicted octanol–water partition coefficient (Wildman–Crippen LogP) is 2.69. The smallest absolute Gasteiger partial charge is 0.241 e. The van der Waals surface area contributed by atoms with Gasteiger partial charge in [-0.3, -0.25) is 9.69 Å². The van der Waals surface area contributed by atoms with E-state index in [0.29, 0.717) is 12.5 Å². The third-order valence-corrected chi connectivity index (χ3v) is 3.73. The quantitative estimate of drug-likeness (QED) is 0.831. The van der Waals surface area contributed by atoms with Crippen LogP contribution in [0.5, 0.6) is 0 Å². The fraction of sp³-hybridized carbons (Fsp3) is 0.562. The molecule has 0 aliphatic carbocycles. The van der Waals surface area contributed by atoms with Crippen LogP contribution in [-0.2, 0) is 4.79 Å². The molecule has 3 nitrogen and oxygen atoms in total. The van der Waals surface area contributed by atoms with Crippen LogP contribution in [0, 0.1) is 12.8 Å². The molecular weight excluding hydrogens is 236 g/mol. The fourth-order valence-corrected chi connectivity index (χ4v) is 2.47.